The van der Waals surface area contributed by atoms with Gasteiger partial charge in [-0.2, -0.15) is 0 Å². The molecule has 0 amide bonds. The van der Waals surface area contributed by atoms with Crippen molar-refractivity contribution in [1.82, 2.24) is 4.98 Å². The van der Waals surface area contributed by atoms with E-state index in [4.69, 9.17) is 11.6 Å². The number of nitrogens with zero attached hydrogens (tertiary/aromatic N) is 1. The van der Waals surface area contributed by atoms with Gasteiger partial charge in [0.25, 0.3) is 0 Å². The molecule has 1 aliphatic carbocycles. The molecule has 1 aromatic carbocycles. The molecule has 1 aromatic heterocycles. The van der Waals surface area contributed by atoms with E-state index in [1.807, 2.05) is 0 Å². The van der Waals surface area contributed by atoms with Gasteiger partial charge in [-0.25, -0.2) is 0 Å². The molecule has 1 atom stereocenters. The number of rotatable bonds is 1. The van der Waals surface area contributed by atoms with Gasteiger partial charge in [-0.05, 0) is 30.3 Å². The molecule has 0 saturated heterocycles. The largest absolute Gasteiger partial charge is 0.293 e. The van der Waals surface area contributed by atoms with Gasteiger partial charge in [0.05, 0.1) is 5.69 Å². The lowest BCUT2D eigenvalue weighted by atomic mass is 9.99. The van der Waals surface area contributed by atoms with Crippen LogP contribution in [0.3, 0.4) is 0 Å². The third-order valence-corrected chi connectivity index (χ3v) is 3.26. The predicted octanol–water partition coefficient (Wildman–Crippen LogP) is 2.90. The van der Waals surface area contributed by atoms with Crippen LogP contribution in [0.1, 0.15) is 32.3 Å². The third-order valence-electron chi connectivity index (χ3n) is 3.02. The maximum Gasteiger partial charge on any atom is 0.180 e. The summed E-state index contributed by atoms with van der Waals surface area (Å²) in [5.74, 6) is -1.25. The maximum absolute atomic E-state index is 12.2. The van der Waals surface area contributed by atoms with E-state index >= 15 is 0 Å². The fourth-order valence-electron chi connectivity index (χ4n) is 2.18. The molecule has 0 radical (unpaired) electrons. The van der Waals surface area contributed by atoms with Gasteiger partial charge >= 0.3 is 0 Å². The summed E-state index contributed by atoms with van der Waals surface area (Å²) in [6.07, 6.45) is 1.58. The summed E-state index contributed by atoms with van der Waals surface area (Å²) in [6, 6.07) is 9.96. The summed E-state index contributed by atoms with van der Waals surface area (Å²) in [6.45, 7) is 0. The third kappa shape index (κ3) is 1.56. The minimum Gasteiger partial charge on any atom is -0.293 e. The van der Waals surface area contributed by atoms with Crippen molar-refractivity contribution in [2.75, 3.05) is 0 Å². The molecule has 0 aliphatic heterocycles. The number of Topliss-reactive ketones (excluding diaryl/α,β-unsaturated/α-hetero) is 2. The Bertz CT molecular complexity index is 652. The van der Waals surface area contributed by atoms with Gasteiger partial charge in [-0.15, -0.1) is 0 Å². The van der Waals surface area contributed by atoms with Crippen LogP contribution in [0.5, 0.6) is 0 Å². The SMILES string of the molecule is O=C1c2ccc(Cl)cc2C(=O)C1c1ccccn1. The smallest absolute Gasteiger partial charge is 0.180 e. The average molecular weight is 258 g/mol. The number of halogens is 1. The lowest BCUT2D eigenvalue weighted by Crippen LogP contribution is -2.14. The molecular formula is C14H8ClNO2. The van der Waals surface area contributed by atoms with Crippen molar-refractivity contribution in [2.24, 2.45) is 0 Å². The van der Waals surface area contributed by atoms with Crippen molar-refractivity contribution in [1.29, 1.82) is 0 Å². The van der Waals surface area contributed by atoms with Gasteiger partial charge in [0.2, 0.25) is 0 Å². The second-order valence-electron chi connectivity index (χ2n) is 4.11. The molecular weight excluding hydrogens is 250 g/mol. The van der Waals surface area contributed by atoms with Crippen LogP contribution in [0.4, 0.5) is 0 Å². The first-order chi connectivity index (χ1) is 8.68. The molecule has 0 bridgehead atoms. The highest BCUT2D eigenvalue weighted by Gasteiger charge is 2.40. The second-order valence-corrected chi connectivity index (χ2v) is 4.54. The number of pyridine rings is 1. The number of hydrogen-bond acceptors (Lipinski definition) is 3. The topological polar surface area (TPSA) is 47.0 Å². The Morgan fingerprint density at radius 2 is 1.78 bits per heavy atom. The van der Waals surface area contributed by atoms with E-state index in [-0.39, 0.29) is 11.6 Å². The molecule has 0 fully saturated rings. The minimum absolute atomic E-state index is 0.203. The van der Waals surface area contributed by atoms with E-state index in [1.54, 1.807) is 42.6 Å². The van der Waals surface area contributed by atoms with Crippen LogP contribution in [-0.2, 0) is 0 Å². The molecule has 2 aromatic rings. The van der Waals surface area contributed by atoms with Crippen molar-refractivity contribution in [2.45, 2.75) is 5.92 Å². The van der Waals surface area contributed by atoms with E-state index in [0.717, 1.165) is 0 Å². The number of hydrogen-bond donors (Lipinski definition) is 0. The van der Waals surface area contributed by atoms with Gasteiger partial charge in [0.1, 0.15) is 5.92 Å². The highest BCUT2D eigenvalue weighted by atomic mass is 35.5. The Labute approximate surface area is 108 Å². The van der Waals surface area contributed by atoms with E-state index in [0.29, 0.717) is 21.8 Å². The fourth-order valence-corrected chi connectivity index (χ4v) is 2.35. The Morgan fingerprint density at radius 3 is 2.50 bits per heavy atom. The van der Waals surface area contributed by atoms with Gasteiger partial charge < -0.3 is 0 Å². The number of fused-ring (bicyclic) bond motifs is 1. The summed E-state index contributed by atoms with van der Waals surface area (Å²) in [5, 5.41) is 0.455. The van der Waals surface area contributed by atoms with Gasteiger partial charge in [-0.1, -0.05) is 17.7 Å². The Morgan fingerprint density at radius 1 is 1.00 bits per heavy atom. The number of carbonyl (C=O) groups is 2. The summed E-state index contributed by atoms with van der Waals surface area (Å²) < 4.78 is 0. The zero-order valence-electron chi connectivity index (χ0n) is 9.26. The second kappa shape index (κ2) is 4.03. The van der Waals surface area contributed by atoms with Crippen molar-refractivity contribution in [3.8, 4) is 0 Å². The van der Waals surface area contributed by atoms with Gasteiger partial charge in [0, 0.05) is 22.3 Å². The van der Waals surface area contributed by atoms with Crippen LogP contribution in [0, 0.1) is 0 Å². The van der Waals surface area contributed by atoms with Crippen molar-refractivity contribution in [3.63, 3.8) is 0 Å². The zero-order chi connectivity index (χ0) is 12.7. The molecule has 1 aliphatic rings. The van der Waals surface area contributed by atoms with E-state index in [1.165, 1.54) is 0 Å². The molecule has 0 spiro atoms. The monoisotopic (exact) mass is 257 g/mol. The molecule has 3 nitrogen and oxygen atoms in total. The average Bonchev–Trinajstić information content (AvgIpc) is 2.63. The molecule has 0 N–H and O–H groups in total. The molecule has 1 heterocycles. The molecule has 3 rings (SSSR count). The first kappa shape index (κ1) is 11.1. The molecule has 0 saturated carbocycles. The van der Waals surface area contributed by atoms with Crippen LogP contribution >= 0.6 is 11.6 Å². The summed E-state index contributed by atoms with van der Waals surface area (Å²) >= 11 is 5.85. The van der Waals surface area contributed by atoms with E-state index < -0.39 is 5.92 Å². The molecule has 88 valence electrons. The Hall–Kier alpha value is -2.00. The fraction of sp³-hybridized carbons (Fsp3) is 0.0714. The van der Waals surface area contributed by atoms with Crippen LogP contribution < -0.4 is 0 Å². The van der Waals surface area contributed by atoms with Crippen LogP contribution in [0.2, 0.25) is 5.02 Å². The van der Waals surface area contributed by atoms with Crippen molar-refractivity contribution < 1.29 is 9.59 Å². The number of benzene rings is 1. The maximum atomic E-state index is 12.2. The Kier molecular flexibility index (Phi) is 2.49. The molecule has 4 heteroatoms. The lowest BCUT2D eigenvalue weighted by molar-refractivity contribution is 0.0888. The van der Waals surface area contributed by atoms with Gasteiger partial charge in [0.15, 0.2) is 11.6 Å². The first-order valence-corrected chi connectivity index (χ1v) is 5.85. The number of carbonyl (C=O) groups excluding carboxylic acids is 2. The zero-order valence-corrected chi connectivity index (χ0v) is 10.0. The number of ketones is 2. The lowest BCUT2D eigenvalue weighted by Gasteiger charge is -2.04. The van der Waals surface area contributed by atoms with E-state index in [2.05, 4.69) is 4.98 Å². The van der Waals surface area contributed by atoms with Crippen LogP contribution in [0.25, 0.3) is 0 Å². The molecule has 18 heavy (non-hydrogen) atoms. The molecule has 1 unspecified atom stereocenters. The highest BCUT2D eigenvalue weighted by molar-refractivity contribution is 6.34. The minimum atomic E-state index is -0.820. The van der Waals surface area contributed by atoms with Crippen molar-refractivity contribution in [3.05, 3.63) is 64.4 Å². The Balaban J connectivity index is 2.13. The van der Waals surface area contributed by atoms with E-state index in [9.17, 15) is 9.59 Å². The quantitative estimate of drug-likeness (QED) is 0.738. The standard InChI is InChI=1S/C14H8ClNO2/c15-8-4-5-9-10(7-8)14(18)12(13(9)17)11-3-1-2-6-16-11/h1-7,12H. The predicted molar refractivity (Wildman–Crippen MR) is 67.1 cm³/mol. The summed E-state index contributed by atoms with van der Waals surface area (Å²) in [5.41, 5.74) is 1.31. The number of aromatic nitrogens is 1. The van der Waals surface area contributed by atoms with Crippen LogP contribution in [-0.4, -0.2) is 16.6 Å². The van der Waals surface area contributed by atoms with Crippen molar-refractivity contribution >= 4 is 23.2 Å². The van der Waals surface area contributed by atoms with Crippen LogP contribution in [0.15, 0.2) is 42.6 Å². The first-order valence-electron chi connectivity index (χ1n) is 5.47. The normalized spacial score (nSPS) is 17.9. The highest BCUT2D eigenvalue weighted by Crippen LogP contribution is 2.34. The summed E-state index contributed by atoms with van der Waals surface area (Å²) in [7, 11) is 0. The summed E-state index contributed by atoms with van der Waals surface area (Å²) in [4.78, 5) is 28.5. The van der Waals surface area contributed by atoms with Gasteiger partial charge in [-0.3, -0.25) is 14.6 Å².